The van der Waals surface area contributed by atoms with E-state index in [2.05, 4.69) is 6.58 Å². The minimum absolute atomic E-state index is 0.396. The van der Waals surface area contributed by atoms with Crippen molar-refractivity contribution in [2.45, 2.75) is 37.6 Å². The van der Waals surface area contributed by atoms with Crippen LogP contribution in [0.3, 0.4) is 0 Å². The van der Waals surface area contributed by atoms with Crippen LogP contribution in [-0.2, 0) is 16.5 Å². The van der Waals surface area contributed by atoms with Crippen LogP contribution in [0.4, 0.5) is 18.0 Å². The Morgan fingerprint density at radius 2 is 1.82 bits per heavy atom. The number of hydrogen-bond donors (Lipinski definition) is 0. The molecular formula is C22H22F3NO2. The Balaban J connectivity index is 1.79. The van der Waals surface area contributed by atoms with Gasteiger partial charge < -0.3 is 9.64 Å². The standard InChI is InChI=1S/C22H22F3NO2/c1-3-13-21(18-7-5-4-6-8-18)14-15-26(20(27)28-21)16(2)17-9-11-19(12-10-17)22(23,24)25/h3-12,16H,1,13-15H2,2H3/t16-,21?/m0/s1. The van der Waals surface area contributed by atoms with Gasteiger partial charge in [-0.15, -0.1) is 6.58 Å². The Morgan fingerprint density at radius 1 is 1.18 bits per heavy atom. The fourth-order valence-electron chi connectivity index (χ4n) is 3.59. The van der Waals surface area contributed by atoms with Crippen LogP contribution in [0.2, 0.25) is 0 Å². The Hall–Kier alpha value is -2.76. The number of ether oxygens (including phenoxy) is 1. The third-order valence-corrected chi connectivity index (χ3v) is 5.24. The number of halogens is 3. The lowest BCUT2D eigenvalue weighted by molar-refractivity contribution is -0.137. The predicted octanol–water partition coefficient (Wildman–Crippen LogP) is 6.08. The van der Waals surface area contributed by atoms with Crippen molar-refractivity contribution in [3.05, 3.63) is 83.9 Å². The lowest BCUT2D eigenvalue weighted by Crippen LogP contribution is -2.48. The summed E-state index contributed by atoms with van der Waals surface area (Å²) >= 11 is 0. The Labute approximate surface area is 162 Å². The zero-order valence-electron chi connectivity index (χ0n) is 15.6. The van der Waals surface area contributed by atoms with E-state index in [4.69, 9.17) is 4.74 Å². The molecule has 0 aromatic heterocycles. The Kier molecular flexibility index (Phi) is 5.49. The summed E-state index contributed by atoms with van der Waals surface area (Å²) in [5, 5.41) is 0. The number of alkyl halides is 3. The molecule has 1 fully saturated rings. The number of carbonyl (C=O) groups excluding carboxylic acids is 1. The number of nitrogens with zero attached hydrogens (tertiary/aromatic N) is 1. The fourth-order valence-corrected chi connectivity index (χ4v) is 3.59. The summed E-state index contributed by atoms with van der Waals surface area (Å²) in [5.74, 6) is 0. The maximum Gasteiger partial charge on any atom is 0.416 e. The lowest BCUT2D eigenvalue weighted by Gasteiger charge is -2.43. The molecule has 1 amide bonds. The summed E-state index contributed by atoms with van der Waals surface area (Å²) in [4.78, 5) is 14.3. The minimum atomic E-state index is -4.38. The molecule has 0 N–H and O–H groups in total. The maximum atomic E-state index is 12.8. The van der Waals surface area contributed by atoms with Crippen LogP contribution in [0.15, 0.2) is 67.3 Å². The molecule has 0 radical (unpaired) electrons. The summed E-state index contributed by atoms with van der Waals surface area (Å²) in [5.41, 5.74) is 0.0564. The Morgan fingerprint density at radius 3 is 2.36 bits per heavy atom. The van der Waals surface area contributed by atoms with Crippen LogP contribution in [0, 0.1) is 0 Å². The quantitative estimate of drug-likeness (QED) is 0.580. The molecule has 3 nitrogen and oxygen atoms in total. The van der Waals surface area contributed by atoms with E-state index in [1.807, 2.05) is 30.3 Å². The van der Waals surface area contributed by atoms with Crippen LogP contribution in [0.1, 0.15) is 42.5 Å². The summed E-state index contributed by atoms with van der Waals surface area (Å²) < 4.78 is 44.2. The van der Waals surface area contributed by atoms with Crippen LogP contribution in [0.25, 0.3) is 0 Å². The molecule has 148 valence electrons. The van der Waals surface area contributed by atoms with Crippen LogP contribution >= 0.6 is 0 Å². The molecule has 1 heterocycles. The summed E-state index contributed by atoms with van der Waals surface area (Å²) in [6.45, 7) is 6.00. The molecule has 0 bridgehead atoms. The van der Waals surface area contributed by atoms with Gasteiger partial charge in [0.15, 0.2) is 0 Å². The van der Waals surface area contributed by atoms with Gasteiger partial charge in [0.1, 0.15) is 5.60 Å². The van der Waals surface area contributed by atoms with Gasteiger partial charge >= 0.3 is 12.3 Å². The molecule has 1 aliphatic heterocycles. The van der Waals surface area contributed by atoms with Crippen molar-refractivity contribution in [2.75, 3.05) is 6.54 Å². The second-order valence-corrected chi connectivity index (χ2v) is 6.96. The largest absolute Gasteiger partial charge is 0.437 e. The van der Waals surface area contributed by atoms with E-state index in [-0.39, 0.29) is 0 Å². The van der Waals surface area contributed by atoms with Crippen molar-refractivity contribution < 1.29 is 22.7 Å². The third kappa shape index (κ3) is 3.91. The highest BCUT2D eigenvalue weighted by Crippen LogP contribution is 2.40. The molecule has 1 aliphatic rings. The SMILES string of the molecule is C=CCC1(c2ccccc2)CCN([C@@H](C)c2ccc(C(F)(F)F)cc2)C(=O)O1. The lowest BCUT2D eigenvalue weighted by atomic mass is 9.85. The van der Waals surface area contributed by atoms with E-state index in [1.54, 1.807) is 17.9 Å². The van der Waals surface area contributed by atoms with Gasteiger partial charge in [-0.1, -0.05) is 48.5 Å². The zero-order chi connectivity index (χ0) is 20.4. The minimum Gasteiger partial charge on any atom is -0.437 e. The first-order chi connectivity index (χ1) is 13.3. The van der Waals surface area contributed by atoms with Gasteiger partial charge in [-0.3, -0.25) is 0 Å². The van der Waals surface area contributed by atoms with Crippen molar-refractivity contribution in [3.63, 3.8) is 0 Å². The van der Waals surface area contributed by atoms with E-state index in [9.17, 15) is 18.0 Å². The number of rotatable bonds is 5. The fraction of sp³-hybridized carbons (Fsp3) is 0.318. The van der Waals surface area contributed by atoms with Gasteiger partial charge in [-0.25, -0.2) is 4.79 Å². The highest BCUT2D eigenvalue weighted by Gasteiger charge is 2.42. The molecule has 1 saturated heterocycles. The maximum absolute atomic E-state index is 12.8. The van der Waals surface area contributed by atoms with Gasteiger partial charge in [0.05, 0.1) is 11.6 Å². The van der Waals surface area contributed by atoms with E-state index >= 15 is 0 Å². The van der Waals surface area contributed by atoms with E-state index in [1.165, 1.54) is 12.1 Å². The van der Waals surface area contributed by atoms with Crippen molar-refractivity contribution in [1.29, 1.82) is 0 Å². The van der Waals surface area contributed by atoms with Gasteiger partial charge in [0.25, 0.3) is 0 Å². The third-order valence-electron chi connectivity index (χ3n) is 5.24. The van der Waals surface area contributed by atoms with Crippen molar-refractivity contribution in [3.8, 4) is 0 Å². The first kappa shape index (κ1) is 20.0. The first-order valence-corrected chi connectivity index (χ1v) is 9.10. The number of carbonyl (C=O) groups is 1. The normalized spacial score (nSPS) is 21.1. The van der Waals surface area contributed by atoms with E-state index < -0.39 is 29.5 Å². The van der Waals surface area contributed by atoms with Crippen molar-refractivity contribution in [1.82, 2.24) is 4.90 Å². The smallest absolute Gasteiger partial charge is 0.416 e. The number of cyclic esters (lactones) is 1. The Bertz CT molecular complexity index is 833. The van der Waals surface area contributed by atoms with Crippen LogP contribution in [-0.4, -0.2) is 17.5 Å². The molecule has 2 atom stereocenters. The zero-order valence-corrected chi connectivity index (χ0v) is 15.6. The summed E-state index contributed by atoms with van der Waals surface area (Å²) in [6.07, 6.45) is -2.07. The van der Waals surface area contributed by atoms with Gasteiger partial charge in [-0.2, -0.15) is 13.2 Å². The van der Waals surface area contributed by atoms with Gasteiger partial charge in [0, 0.05) is 19.4 Å². The highest BCUT2D eigenvalue weighted by molar-refractivity contribution is 5.70. The second kappa shape index (κ2) is 7.70. The van der Waals surface area contributed by atoms with Crippen LogP contribution in [0.5, 0.6) is 0 Å². The number of benzene rings is 2. The number of amides is 1. The van der Waals surface area contributed by atoms with E-state index in [0.717, 1.165) is 17.7 Å². The second-order valence-electron chi connectivity index (χ2n) is 6.96. The molecule has 2 aromatic carbocycles. The van der Waals surface area contributed by atoms with Gasteiger partial charge in [-0.05, 0) is 30.2 Å². The number of hydrogen-bond acceptors (Lipinski definition) is 2. The topological polar surface area (TPSA) is 29.5 Å². The molecular weight excluding hydrogens is 367 g/mol. The van der Waals surface area contributed by atoms with Crippen molar-refractivity contribution >= 4 is 6.09 Å². The highest BCUT2D eigenvalue weighted by atomic mass is 19.4. The average molecular weight is 389 g/mol. The van der Waals surface area contributed by atoms with Crippen LogP contribution < -0.4 is 0 Å². The average Bonchev–Trinajstić information content (AvgIpc) is 2.68. The molecule has 6 heteroatoms. The molecule has 0 spiro atoms. The van der Waals surface area contributed by atoms with Crippen molar-refractivity contribution in [2.24, 2.45) is 0 Å². The monoisotopic (exact) mass is 389 g/mol. The van der Waals surface area contributed by atoms with E-state index in [0.29, 0.717) is 24.9 Å². The first-order valence-electron chi connectivity index (χ1n) is 9.10. The summed E-state index contributed by atoms with van der Waals surface area (Å²) in [7, 11) is 0. The molecule has 0 aliphatic carbocycles. The molecule has 0 saturated carbocycles. The molecule has 28 heavy (non-hydrogen) atoms. The molecule has 1 unspecified atom stereocenters. The molecule has 3 rings (SSSR count). The summed E-state index contributed by atoms with van der Waals surface area (Å²) in [6, 6.07) is 14.0. The molecule has 2 aromatic rings. The predicted molar refractivity (Wildman–Crippen MR) is 101 cm³/mol. The van der Waals surface area contributed by atoms with Gasteiger partial charge in [0.2, 0.25) is 0 Å².